The molecule has 130 valence electrons. The van der Waals surface area contributed by atoms with Crippen LogP contribution in [0.25, 0.3) is 5.69 Å². The lowest BCUT2D eigenvalue weighted by Crippen LogP contribution is -2.07. The molecule has 1 aliphatic heterocycles. The maximum Gasteiger partial charge on any atom is 0.177 e. The summed E-state index contributed by atoms with van der Waals surface area (Å²) in [7, 11) is 0. The second kappa shape index (κ2) is 6.88. The van der Waals surface area contributed by atoms with E-state index in [1.165, 1.54) is 13.3 Å². The molecule has 2 N–H and O–H groups in total. The fourth-order valence-corrected chi connectivity index (χ4v) is 2.69. The van der Waals surface area contributed by atoms with Crippen molar-refractivity contribution in [3.05, 3.63) is 41.2 Å². The Labute approximate surface area is 146 Å². The monoisotopic (exact) mass is 339 g/mol. The number of ether oxygens (including phenoxy) is 1. The first-order valence-electron chi connectivity index (χ1n) is 8.19. The van der Waals surface area contributed by atoms with Gasteiger partial charge in [-0.3, -0.25) is 9.79 Å². The van der Waals surface area contributed by atoms with Crippen LogP contribution >= 0.6 is 0 Å². The molecule has 0 bridgehead atoms. The zero-order valence-electron chi connectivity index (χ0n) is 14.6. The van der Waals surface area contributed by atoms with Crippen LogP contribution in [0.5, 0.6) is 5.75 Å². The van der Waals surface area contributed by atoms with Gasteiger partial charge >= 0.3 is 0 Å². The van der Waals surface area contributed by atoms with Crippen LogP contribution in [0.2, 0.25) is 0 Å². The molecule has 25 heavy (non-hydrogen) atoms. The number of carbonyl (C=O) groups is 1. The summed E-state index contributed by atoms with van der Waals surface area (Å²) in [5, 5.41) is 4.65. The van der Waals surface area contributed by atoms with E-state index in [9.17, 15) is 4.79 Å². The standard InChI is InChI=1S/C18H21N5O2/c1-11(2)21-18(20-10-19)15-9-14-6-7-25-17-5-4-13(12(3)24)8-16(17)23(14)22-15/h4-5,8-11H,6-7H2,1-3H3,(H2,19,20,21). The van der Waals surface area contributed by atoms with Crippen molar-refractivity contribution in [3.63, 3.8) is 0 Å². The Kier molecular flexibility index (Phi) is 4.65. The SMILES string of the molecule is CC(=O)c1ccc2c(c1)-n1nc(C(N=CN)=NC(C)C)cc1CCO2. The maximum atomic E-state index is 11.7. The van der Waals surface area contributed by atoms with Gasteiger partial charge in [-0.05, 0) is 45.0 Å². The predicted molar refractivity (Wildman–Crippen MR) is 97.1 cm³/mol. The highest BCUT2D eigenvalue weighted by Crippen LogP contribution is 2.29. The normalized spacial score (nSPS) is 14.2. The Balaban J connectivity index is 2.14. The Hall–Kier alpha value is -2.96. The molecule has 0 amide bonds. The Morgan fingerprint density at radius 2 is 2.20 bits per heavy atom. The van der Waals surface area contributed by atoms with Crippen LogP contribution in [0.4, 0.5) is 0 Å². The van der Waals surface area contributed by atoms with E-state index in [2.05, 4.69) is 15.1 Å². The average Bonchev–Trinajstić information content (AvgIpc) is 2.91. The first kappa shape index (κ1) is 16.9. The minimum Gasteiger partial charge on any atom is -0.491 e. The quantitative estimate of drug-likeness (QED) is 0.526. The van der Waals surface area contributed by atoms with E-state index in [-0.39, 0.29) is 11.8 Å². The first-order valence-corrected chi connectivity index (χ1v) is 8.19. The Morgan fingerprint density at radius 3 is 2.88 bits per heavy atom. The van der Waals surface area contributed by atoms with Crippen molar-refractivity contribution < 1.29 is 9.53 Å². The average molecular weight is 339 g/mol. The van der Waals surface area contributed by atoms with Gasteiger partial charge in [0.2, 0.25) is 0 Å². The molecule has 0 atom stereocenters. The number of amidine groups is 1. The van der Waals surface area contributed by atoms with Crippen LogP contribution in [0, 0.1) is 0 Å². The van der Waals surface area contributed by atoms with Gasteiger partial charge in [-0.1, -0.05) is 0 Å². The van der Waals surface area contributed by atoms with Gasteiger partial charge in [0.1, 0.15) is 17.1 Å². The van der Waals surface area contributed by atoms with E-state index in [1.807, 2.05) is 26.0 Å². The van der Waals surface area contributed by atoms with Gasteiger partial charge in [-0.15, -0.1) is 0 Å². The molecule has 0 fully saturated rings. The largest absolute Gasteiger partial charge is 0.491 e. The van der Waals surface area contributed by atoms with Gasteiger partial charge in [0.05, 0.1) is 12.9 Å². The third-order valence-corrected chi connectivity index (χ3v) is 3.80. The van der Waals surface area contributed by atoms with Crippen molar-refractivity contribution in [2.75, 3.05) is 6.61 Å². The molecule has 1 aromatic carbocycles. The van der Waals surface area contributed by atoms with Gasteiger partial charge in [0.25, 0.3) is 0 Å². The highest BCUT2D eigenvalue weighted by atomic mass is 16.5. The van der Waals surface area contributed by atoms with E-state index in [0.717, 1.165) is 11.4 Å². The Morgan fingerprint density at radius 1 is 1.40 bits per heavy atom. The van der Waals surface area contributed by atoms with Crippen molar-refractivity contribution >= 4 is 18.0 Å². The lowest BCUT2D eigenvalue weighted by molar-refractivity contribution is 0.101. The molecule has 3 rings (SSSR count). The number of hydrogen-bond donors (Lipinski definition) is 1. The van der Waals surface area contributed by atoms with Crippen molar-refractivity contribution in [2.45, 2.75) is 33.2 Å². The number of nitrogens with zero attached hydrogens (tertiary/aromatic N) is 4. The highest BCUT2D eigenvalue weighted by Gasteiger charge is 2.20. The number of carbonyl (C=O) groups excluding carboxylic acids is 1. The number of aromatic nitrogens is 2. The highest BCUT2D eigenvalue weighted by molar-refractivity contribution is 6.01. The third-order valence-electron chi connectivity index (χ3n) is 3.80. The van der Waals surface area contributed by atoms with Gasteiger partial charge in [0.15, 0.2) is 11.6 Å². The summed E-state index contributed by atoms with van der Waals surface area (Å²) >= 11 is 0. The lowest BCUT2D eigenvalue weighted by Gasteiger charge is -2.09. The van der Waals surface area contributed by atoms with Gasteiger partial charge < -0.3 is 10.5 Å². The zero-order chi connectivity index (χ0) is 18.0. The maximum absolute atomic E-state index is 11.7. The molecular formula is C18H21N5O2. The number of fused-ring (bicyclic) bond motifs is 3. The van der Waals surface area contributed by atoms with Crippen LogP contribution < -0.4 is 10.5 Å². The number of benzene rings is 1. The Bertz CT molecular complexity index is 864. The molecule has 0 spiro atoms. The summed E-state index contributed by atoms with van der Waals surface area (Å²) in [6, 6.07) is 7.38. The predicted octanol–water partition coefficient (Wildman–Crippen LogP) is 2.15. The summed E-state index contributed by atoms with van der Waals surface area (Å²) < 4.78 is 7.58. The van der Waals surface area contributed by atoms with Crippen molar-refractivity contribution in [3.8, 4) is 11.4 Å². The van der Waals surface area contributed by atoms with Gasteiger partial charge in [0, 0.05) is 23.7 Å². The van der Waals surface area contributed by atoms with Crippen LogP contribution in [0.15, 0.2) is 34.3 Å². The molecule has 7 heteroatoms. The third kappa shape index (κ3) is 3.45. The second-order valence-corrected chi connectivity index (χ2v) is 6.09. The molecule has 0 saturated heterocycles. The fraction of sp³-hybridized carbons (Fsp3) is 0.333. The van der Waals surface area contributed by atoms with Gasteiger partial charge in [-0.2, -0.15) is 5.10 Å². The smallest absolute Gasteiger partial charge is 0.177 e. The number of rotatable bonds is 3. The van der Waals surface area contributed by atoms with E-state index >= 15 is 0 Å². The van der Waals surface area contributed by atoms with Crippen LogP contribution in [-0.4, -0.2) is 40.4 Å². The molecule has 0 aliphatic carbocycles. The second-order valence-electron chi connectivity index (χ2n) is 6.09. The molecule has 2 aromatic rings. The number of Topliss-reactive ketones (excluding diaryl/α,β-unsaturated/α-hetero) is 1. The minimum atomic E-state index is -0.00392. The molecule has 1 aromatic heterocycles. The van der Waals surface area contributed by atoms with E-state index in [1.54, 1.807) is 16.8 Å². The number of hydrogen-bond acceptors (Lipinski definition) is 4. The molecular weight excluding hydrogens is 318 g/mol. The van der Waals surface area contributed by atoms with E-state index in [0.29, 0.717) is 35.9 Å². The van der Waals surface area contributed by atoms with Crippen LogP contribution in [-0.2, 0) is 6.42 Å². The topological polar surface area (TPSA) is 94.9 Å². The minimum absolute atomic E-state index is 0.00392. The number of nitrogens with two attached hydrogens (primary N) is 1. The fourth-order valence-electron chi connectivity index (χ4n) is 2.69. The van der Waals surface area contributed by atoms with E-state index in [4.69, 9.17) is 10.5 Å². The summed E-state index contributed by atoms with van der Waals surface area (Å²) in [4.78, 5) is 20.4. The lowest BCUT2D eigenvalue weighted by atomic mass is 10.1. The molecule has 0 unspecified atom stereocenters. The zero-order valence-corrected chi connectivity index (χ0v) is 14.6. The first-order chi connectivity index (χ1) is 12.0. The summed E-state index contributed by atoms with van der Waals surface area (Å²) in [6.45, 7) is 6.01. The molecule has 0 saturated carbocycles. The van der Waals surface area contributed by atoms with Crippen molar-refractivity contribution in [2.24, 2.45) is 15.7 Å². The molecule has 2 heterocycles. The summed E-state index contributed by atoms with van der Waals surface area (Å²) in [5.41, 5.74) is 8.43. The van der Waals surface area contributed by atoms with Crippen molar-refractivity contribution in [1.29, 1.82) is 0 Å². The number of ketones is 1. The molecule has 0 radical (unpaired) electrons. The molecule has 7 nitrogen and oxygen atoms in total. The molecule has 1 aliphatic rings. The number of aliphatic imine (C=N–C) groups is 2. The van der Waals surface area contributed by atoms with Crippen LogP contribution in [0.1, 0.15) is 42.5 Å². The van der Waals surface area contributed by atoms with Crippen molar-refractivity contribution in [1.82, 2.24) is 9.78 Å². The van der Waals surface area contributed by atoms with Gasteiger partial charge in [-0.25, -0.2) is 9.67 Å². The summed E-state index contributed by atoms with van der Waals surface area (Å²) in [6.07, 6.45) is 1.91. The summed E-state index contributed by atoms with van der Waals surface area (Å²) in [5.74, 6) is 1.18. The van der Waals surface area contributed by atoms with Crippen LogP contribution in [0.3, 0.4) is 0 Å². The van der Waals surface area contributed by atoms with E-state index < -0.39 is 0 Å².